The van der Waals surface area contributed by atoms with Gasteiger partial charge in [-0.15, -0.1) is 0 Å². The molecule has 1 aliphatic rings. The fourth-order valence-electron chi connectivity index (χ4n) is 1.97. The zero-order valence-electron chi connectivity index (χ0n) is 8.99. The van der Waals surface area contributed by atoms with Crippen molar-refractivity contribution in [3.63, 3.8) is 0 Å². The maximum Gasteiger partial charge on any atom is 0.229 e. The van der Waals surface area contributed by atoms with E-state index >= 15 is 0 Å². The Kier molecular flexibility index (Phi) is 2.85. The minimum Gasteiger partial charge on any atom is -0.339 e. The van der Waals surface area contributed by atoms with Crippen molar-refractivity contribution >= 4 is 0 Å². The zero-order valence-corrected chi connectivity index (χ0v) is 8.99. The lowest BCUT2D eigenvalue weighted by molar-refractivity contribution is 0.348. The predicted molar refractivity (Wildman–Crippen MR) is 54.2 cm³/mol. The Hall–Kier alpha value is -0.860. The van der Waals surface area contributed by atoms with E-state index in [0.717, 1.165) is 18.1 Å². The average Bonchev–Trinajstić information content (AvgIpc) is 2.86. The van der Waals surface area contributed by atoms with Crippen LogP contribution in [-0.4, -0.2) is 10.1 Å². The van der Waals surface area contributed by atoms with Gasteiger partial charge in [-0.05, 0) is 19.3 Å². The Balaban J connectivity index is 2.08. The Labute approximate surface area is 84.9 Å². The van der Waals surface area contributed by atoms with Gasteiger partial charge in [0.05, 0.1) is 0 Å². The molecule has 0 amide bonds. The van der Waals surface area contributed by atoms with Gasteiger partial charge >= 0.3 is 0 Å². The highest BCUT2D eigenvalue weighted by Gasteiger charge is 2.23. The van der Waals surface area contributed by atoms with Gasteiger partial charge in [-0.25, -0.2) is 0 Å². The molecule has 2 rings (SSSR count). The van der Waals surface area contributed by atoms with E-state index in [9.17, 15) is 0 Å². The smallest absolute Gasteiger partial charge is 0.229 e. The molecule has 3 nitrogen and oxygen atoms in total. The minimum atomic E-state index is 0.425. The number of hydrogen-bond donors (Lipinski definition) is 0. The summed E-state index contributed by atoms with van der Waals surface area (Å²) in [7, 11) is 0. The van der Waals surface area contributed by atoms with Gasteiger partial charge in [0, 0.05) is 11.8 Å². The highest BCUT2D eigenvalue weighted by Crippen LogP contribution is 2.33. The van der Waals surface area contributed by atoms with Crippen LogP contribution in [0.3, 0.4) is 0 Å². The number of rotatable bonds is 3. The van der Waals surface area contributed by atoms with Crippen LogP contribution in [0.2, 0.25) is 0 Å². The summed E-state index contributed by atoms with van der Waals surface area (Å²) in [5, 5.41) is 4.05. The second-order valence-electron chi connectivity index (χ2n) is 4.28. The summed E-state index contributed by atoms with van der Waals surface area (Å²) >= 11 is 0. The lowest BCUT2D eigenvalue weighted by Gasteiger charge is -2.01. The molecule has 0 aliphatic heterocycles. The van der Waals surface area contributed by atoms with Gasteiger partial charge in [-0.2, -0.15) is 4.98 Å². The number of aromatic nitrogens is 2. The third-order valence-electron chi connectivity index (χ3n) is 3.22. The van der Waals surface area contributed by atoms with E-state index in [1.807, 2.05) is 0 Å². The molecule has 0 spiro atoms. The molecule has 78 valence electrons. The van der Waals surface area contributed by atoms with Gasteiger partial charge in [-0.1, -0.05) is 31.8 Å². The predicted octanol–water partition coefficient (Wildman–Crippen LogP) is 3.24. The molecule has 1 saturated carbocycles. The summed E-state index contributed by atoms with van der Waals surface area (Å²) in [5.41, 5.74) is 0. The molecular formula is C11H18N2O. The van der Waals surface area contributed by atoms with E-state index in [1.54, 1.807) is 0 Å². The highest BCUT2D eigenvalue weighted by molar-refractivity contribution is 4.99. The van der Waals surface area contributed by atoms with Crippen LogP contribution in [0.1, 0.15) is 69.5 Å². The number of nitrogens with zero attached hydrogens (tertiary/aromatic N) is 2. The lowest BCUT2D eigenvalue weighted by Crippen LogP contribution is -1.96. The molecule has 1 aliphatic carbocycles. The molecule has 1 aromatic heterocycles. The molecule has 1 unspecified atom stereocenters. The standard InChI is InChI=1S/C11H18N2O/c1-3-8(2)10-12-11(14-13-10)9-6-4-5-7-9/h8-9H,3-7H2,1-2H3. The second kappa shape index (κ2) is 4.11. The summed E-state index contributed by atoms with van der Waals surface area (Å²) in [5.74, 6) is 2.72. The summed E-state index contributed by atoms with van der Waals surface area (Å²) in [4.78, 5) is 4.49. The molecule has 1 fully saturated rings. The van der Waals surface area contributed by atoms with Gasteiger partial charge in [0.1, 0.15) is 0 Å². The monoisotopic (exact) mass is 194 g/mol. The number of hydrogen-bond acceptors (Lipinski definition) is 3. The van der Waals surface area contributed by atoms with Crippen LogP contribution in [0.25, 0.3) is 0 Å². The maximum absolute atomic E-state index is 5.31. The molecule has 0 radical (unpaired) electrons. The fourth-order valence-corrected chi connectivity index (χ4v) is 1.97. The van der Waals surface area contributed by atoms with Crippen molar-refractivity contribution in [3.05, 3.63) is 11.7 Å². The lowest BCUT2D eigenvalue weighted by atomic mass is 10.1. The first kappa shape index (κ1) is 9.69. The second-order valence-corrected chi connectivity index (χ2v) is 4.28. The van der Waals surface area contributed by atoms with E-state index in [4.69, 9.17) is 4.52 Å². The first-order valence-corrected chi connectivity index (χ1v) is 5.64. The van der Waals surface area contributed by atoms with Crippen molar-refractivity contribution in [2.75, 3.05) is 0 Å². The van der Waals surface area contributed by atoms with Crippen LogP contribution in [0.4, 0.5) is 0 Å². The molecule has 0 aromatic carbocycles. The van der Waals surface area contributed by atoms with E-state index in [0.29, 0.717) is 11.8 Å². The summed E-state index contributed by atoms with van der Waals surface area (Å²) in [6.45, 7) is 4.29. The molecule has 1 aromatic rings. The van der Waals surface area contributed by atoms with Crippen LogP contribution in [0, 0.1) is 0 Å². The SMILES string of the molecule is CCC(C)c1noc(C2CCCC2)n1. The third kappa shape index (κ3) is 1.81. The first-order valence-electron chi connectivity index (χ1n) is 5.64. The average molecular weight is 194 g/mol. The molecule has 3 heteroatoms. The van der Waals surface area contributed by atoms with Crippen molar-refractivity contribution in [1.82, 2.24) is 10.1 Å². The Morgan fingerprint density at radius 3 is 2.79 bits per heavy atom. The molecule has 0 saturated heterocycles. The van der Waals surface area contributed by atoms with E-state index in [-0.39, 0.29) is 0 Å². The zero-order chi connectivity index (χ0) is 9.97. The van der Waals surface area contributed by atoms with Crippen molar-refractivity contribution < 1.29 is 4.52 Å². The molecule has 14 heavy (non-hydrogen) atoms. The summed E-state index contributed by atoms with van der Waals surface area (Å²) in [6.07, 6.45) is 6.14. The minimum absolute atomic E-state index is 0.425. The fraction of sp³-hybridized carbons (Fsp3) is 0.818. The van der Waals surface area contributed by atoms with Crippen LogP contribution in [0.5, 0.6) is 0 Å². The molecule has 1 heterocycles. The summed E-state index contributed by atoms with van der Waals surface area (Å²) < 4.78 is 5.31. The summed E-state index contributed by atoms with van der Waals surface area (Å²) in [6, 6.07) is 0. The topological polar surface area (TPSA) is 38.9 Å². The van der Waals surface area contributed by atoms with Crippen molar-refractivity contribution in [2.24, 2.45) is 0 Å². The van der Waals surface area contributed by atoms with Gasteiger partial charge in [-0.3, -0.25) is 0 Å². The van der Waals surface area contributed by atoms with Crippen molar-refractivity contribution in [3.8, 4) is 0 Å². The van der Waals surface area contributed by atoms with Crippen molar-refractivity contribution in [1.29, 1.82) is 0 Å². The largest absolute Gasteiger partial charge is 0.339 e. The first-order chi connectivity index (χ1) is 6.81. The van der Waals surface area contributed by atoms with Crippen LogP contribution in [0.15, 0.2) is 4.52 Å². The van der Waals surface area contributed by atoms with E-state index in [1.165, 1.54) is 25.7 Å². The Bertz CT molecular complexity index is 289. The normalized spacial score (nSPS) is 20.1. The highest BCUT2D eigenvalue weighted by atomic mass is 16.5. The van der Waals surface area contributed by atoms with Crippen LogP contribution in [-0.2, 0) is 0 Å². The molecule has 0 N–H and O–H groups in total. The van der Waals surface area contributed by atoms with E-state index < -0.39 is 0 Å². The van der Waals surface area contributed by atoms with Crippen LogP contribution >= 0.6 is 0 Å². The van der Waals surface area contributed by atoms with Gasteiger partial charge < -0.3 is 4.52 Å². The Morgan fingerprint density at radius 1 is 1.43 bits per heavy atom. The van der Waals surface area contributed by atoms with Gasteiger partial charge in [0.15, 0.2) is 5.82 Å². The molecule has 1 atom stereocenters. The van der Waals surface area contributed by atoms with Crippen LogP contribution < -0.4 is 0 Å². The maximum atomic E-state index is 5.31. The molecule has 0 bridgehead atoms. The Morgan fingerprint density at radius 2 is 2.14 bits per heavy atom. The quantitative estimate of drug-likeness (QED) is 0.741. The molecular weight excluding hydrogens is 176 g/mol. The third-order valence-corrected chi connectivity index (χ3v) is 3.22. The van der Waals surface area contributed by atoms with Crippen molar-refractivity contribution in [2.45, 2.75) is 57.8 Å². The van der Waals surface area contributed by atoms with E-state index in [2.05, 4.69) is 24.0 Å². The van der Waals surface area contributed by atoms with Gasteiger partial charge in [0.2, 0.25) is 5.89 Å². The van der Waals surface area contributed by atoms with Gasteiger partial charge in [0.25, 0.3) is 0 Å².